The third-order valence-electron chi connectivity index (χ3n) is 3.22. The van der Waals surface area contributed by atoms with Gasteiger partial charge in [0.1, 0.15) is 5.58 Å². The van der Waals surface area contributed by atoms with Crippen LogP contribution in [0.5, 0.6) is 0 Å². The largest absolute Gasteiger partial charge is 0.421 e. The third-order valence-corrected chi connectivity index (χ3v) is 3.22. The highest BCUT2D eigenvalue weighted by atomic mass is 16.4. The molecule has 0 aliphatic carbocycles. The van der Waals surface area contributed by atoms with E-state index in [1.165, 1.54) is 0 Å². The smallest absolute Gasteiger partial charge is 0.362 e. The van der Waals surface area contributed by atoms with E-state index in [1.807, 2.05) is 39.0 Å². The molecule has 0 aliphatic heterocycles. The molecule has 5 nitrogen and oxygen atoms in total. The van der Waals surface area contributed by atoms with Gasteiger partial charge < -0.3 is 15.1 Å². The Hall–Kier alpha value is -2.30. The zero-order valence-electron chi connectivity index (χ0n) is 13.2. The Morgan fingerprint density at radius 3 is 2.64 bits per heavy atom. The molecule has 22 heavy (non-hydrogen) atoms. The van der Waals surface area contributed by atoms with Gasteiger partial charge in [-0.05, 0) is 24.5 Å². The highest BCUT2D eigenvalue weighted by Crippen LogP contribution is 2.28. The first-order valence-electron chi connectivity index (χ1n) is 7.62. The Labute approximate surface area is 129 Å². The molecular weight excluding hydrogens is 280 g/mol. The molecule has 0 unspecified atom stereocenters. The number of carbonyl (C=O) groups is 1. The standard InChI is InChI=1S/C17H22N2O3/c1-4-9-18-15-12-7-5-6-8-13(12)22-17(21)16(15)19-14(20)10-11(2)3/h5-8,11,18H,4,9-10H2,1-3H3,(H,19,20). The molecule has 0 aliphatic rings. The molecule has 2 aromatic rings. The van der Waals surface area contributed by atoms with Gasteiger partial charge in [0.25, 0.3) is 0 Å². The van der Waals surface area contributed by atoms with E-state index in [0.29, 0.717) is 24.2 Å². The number of rotatable bonds is 6. The van der Waals surface area contributed by atoms with Crippen molar-refractivity contribution in [3.8, 4) is 0 Å². The van der Waals surface area contributed by atoms with Gasteiger partial charge in [0.15, 0.2) is 5.69 Å². The minimum Gasteiger partial charge on any atom is -0.421 e. The van der Waals surface area contributed by atoms with E-state index in [4.69, 9.17) is 4.42 Å². The van der Waals surface area contributed by atoms with Crippen molar-refractivity contribution < 1.29 is 9.21 Å². The normalized spacial score (nSPS) is 10.9. The van der Waals surface area contributed by atoms with Crippen molar-refractivity contribution in [2.24, 2.45) is 5.92 Å². The van der Waals surface area contributed by atoms with E-state index in [1.54, 1.807) is 6.07 Å². The van der Waals surface area contributed by atoms with Crippen LogP contribution in [0.4, 0.5) is 11.4 Å². The second-order valence-corrected chi connectivity index (χ2v) is 5.71. The maximum atomic E-state index is 12.2. The number of carbonyl (C=O) groups excluding carboxylic acids is 1. The van der Waals surface area contributed by atoms with Crippen molar-refractivity contribution in [1.82, 2.24) is 0 Å². The lowest BCUT2D eigenvalue weighted by Gasteiger charge is -2.14. The van der Waals surface area contributed by atoms with Crippen molar-refractivity contribution >= 4 is 28.3 Å². The molecule has 2 N–H and O–H groups in total. The zero-order valence-corrected chi connectivity index (χ0v) is 13.2. The summed E-state index contributed by atoms with van der Waals surface area (Å²) < 4.78 is 5.31. The summed E-state index contributed by atoms with van der Waals surface area (Å²) in [6.07, 6.45) is 1.27. The van der Waals surface area contributed by atoms with Crippen LogP contribution in [-0.2, 0) is 4.79 Å². The summed E-state index contributed by atoms with van der Waals surface area (Å²) >= 11 is 0. The van der Waals surface area contributed by atoms with Crippen LogP contribution in [0.2, 0.25) is 0 Å². The fourth-order valence-corrected chi connectivity index (χ4v) is 2.26. The Morgan fingerprint density at radius 1 is 1.23 bits per heavy atom. The molecule has 0 bridgehead atoms. The highest BCUT2D eigenvalue weighted by molar-refractivity contribution is 6.02. The van der Waals surface area contributed by atoms with Crippen molar-refractivity contribution in [2.75, 3.05) is 17.2 Å². The van der Waals surface area contributed by atoms with Gasteiger partial charge >= 0.3 is 5.63 Å². The van der Waals surface area contributed by atoms with Gasteiger partial charge in [0, 0.05) is 18.4 Å². The number of nitrogens with one attached hydrogen (secondary N) is 2. The number of benzene rings is 1. The Balaban J connectivity index is 2.48. The van der Waals surface area contributed by atoms with Gasteiger partial charge in [-0.2, -0.15) is 0 Å². The van der Waals surface area contributed by atoms with E-state index < -0.39 is 5.63 Å². The minimum absolute atomic E-state index is 0.183. The molecule has 0 radical (unpaired) electrons. The number of fused-ring (bicyclic) bond motifs is 1. The van der Waals surface area contributed by atoms with Crippen LogP contribution in [0.15, 0.2) is 33.5 Å². The Morgan fingerprint density at radius 2 is 1.95 bits per heavy atom. The van der Waals surface area contributed by atoms with Crippen LogP contribution in [0.25, 0.3) is 11.0 Å². The number of anilines is 2. The predicted octanol–water partition coefficient (Wildman–Crippen LogP) is 3.60. The molecule has 0 spiro atoms. The summed E-state index contributed by atoms with van der Waals surface area (Å²) in [7, 11) is 0. The second-order valence-electron chi connectivity index (χ2n) is 5.71. The lowest BCUT2D eigenvalue weighted by atomic mass is 10.1. The quantitative estimate of drug-likeness (QED) is 0.800. The van der Waals surface area contributed by atoms with Gasteiger partial charge in [-0.15, -0.1) is 0 Å². The maximum absolute atomic E-state index is 12.2. The molecular formula is C17H22N2O3. The Bertz CT molecular complexity index is 719. The average molecular weight is 302 g/mol. The summed E-state index contributed by atoms with van der Waals surface area (Å²) in [5, 5.41) is 6.72. The molecule has 1 aromatic carbocycles. The summed E-state index contributed by atoms with van der Waals surface area (Å²) in [5.74, 6) is 0.0386. The van der Waals surface area contributed by atoms with Crippen LogP contribution < -0.4 is 16.3 Å². The minimum atomic E-state index is -0.533. The number of hydrogen-bond donors (Lipinski definition) is 2. The first-order valence-corrected chi connectivity index (χ1v) is 7.62. The van der Waals surface area contributed by atoms with E-state index in [-0.39, 0.29) is 17.5 Å². The summed E-state index contributed by atoms with van der Waals surface area (Å²) in [6.45, 7) is 6.66. The summed E-state index contributed by atoms with van der Waals surface area (Å²) in [5.41, 5.74) is 0.797. The van der Waals surface area contributed by atoms with Crippen LogP contribution in [0.1, 0.15) is 33.6 Å². The van der Waals surface area contributed by atoms with Crippen LogP contribution in [-0.4, -0.2) is 12.5 Å². The van der Waals surface area contributed by atoms with Crippen molar-refractivity contribution in [3.05, 3.63) is 34.7 Å². The monoisotopic (exact) mass is 302 g/mol. The third kappa shape index (κ3) is 3.67. The fourth-order valence-electron chi connectivity index (χ4n) is 2.26. The number of para-hydroxylation sites is 1. The first kappa shape index (κ1) is 16.1. The lowest BCUT2D eigenvalue weighted by molar-refractivity contribution is -0.116. The molecule has 0 atom stereocenters. The van der Waals surface area contributed by atoms with E-state index in [2.05, 4.69) is 10.6 Å². The fraction of sp³-hybridized carbons (Fsp3) is 0.412. The van der Waals surface area contributed by atoms with E-state index in [9.17, 15) is 9.59 Å². The van der Waals surface area contributed by atoms with Crippen molar-refractivity contribution in [2.45, 2.75) is 33.6 Å². The van der Waals surface area contributed by atoms with Gasteiger partial charge in [-0.25, -0.2) is 4.79 Å². The second kappa shape index (κ2) is 7.11. The number of amides is 1. The summed E-state index contributed by atoms with van der Waals surface area (Å²) in [4.78, 5) is 24.2. The molecule has 0 saturated heterocycles. The van der Waals surface area contributed by atoms with E-state index >= 15 is 0 Å². The van der Waals surface area contributed by atoms with Crippen LogP contribution in [0.3, 0.4) is 0 Å². The van der Waals surface area contributed by atoms with Crippen molar-refractivity contribution in [1.29, 1.82) is 0 Å². The van der Waals surface area contributed by atoms with Gasteiger partial charge in [0.05, 0.1) is 5.69 Å². The predicted molar refractivity (Wildman–Crippen MR) is 89.3 cm³/mol. The molecule has 2 rings (SSSR count). The highest BCUT2D eigenvalue weighted by Gasteiger charge is 2.17. The molecule has 0 saturated carbocycles. The Kier molecular flexibility index (Phi) is 5.20. The van der Waals surface area contributed by atoms with Gasteiger partial charge in [-0.3, -0.25) is 4.79 Å². The SMILES string of the molecule is CCCNc1c(NC(=O)CC(C)C)c(=O)oc2ccccc12. The van der Waals surface area contributed by atoms with E-state index in [0.717, 1.165) is 11.8 Å². The van der Waals surface area contributed by atoms with Gasteiger partial charge in [-0.1, -0.05) is 32.9 Å². The molecule has 118 valence electrons. The molecule has 0 fully saturated rings. The van der Waals surface area contributed by atoms with Crippen LogP contribution >= 0.6 is 0 Å². The molecule has 1 amide bonds. The lowest BCUT2D eigenvalue weighted by Crippen LogP contribution is -2.21. The maximum Gasteiger partial charge on any atom is 0.362 e. The summed E-state index contributed by atoms with van der Waals surface area (Å²) in [6, 6.07) is 7.30. The topological polar surface area (TPSA) is 71.3 Å². The first-order chi connectivity index (χ1) is 10.5. The number of hydrogen-bond acceptors (Lipinski definition) is 4. The zero-order chi connectivity index (χ0) is 16.1. The molecule has 1 heterocycles. The average Bonchev–Trinajstić information content (AvgIpc) is 2.46. The van der Waals surface area contributed by atoms with Crippen molar-refractivity contribution in [3.63, 3.8) is 0 Å². The molecule has 1 aromatic heterocycles. The van der Waals surface area contributed by atoms with Crippen LogP contribution in [0, 0.1) is 5.92 Å². The molecule has 5 heteroatoms. The van der Waals surface area contributed by atoms with Gasteiger partial charge in [0.2, 0.25) is 5.91 Å².